The quantitative estimate of drug-likeness (QED) is 0.784. The Morgan fingerprint density at radius 1 is 1.32 bits per heavy atom. The first-order chi connectivity index (χ1) is 8.53. The monoisotopic (exact) mass is 289 g/mol. The van der Waals surface area contributed by atoms with E-state index in [1.807, 2.05) is 11.8 Å². The van der Waals surface area contributed by atoms with Gasteiger partial charge in [0.1, 0.15) is 0 Å². The van der Waals surface area contributed by atoms with Crippen LogP contribution in [0.4, 0.5) is 0 Å². The van der Waals surface area contributed by atoms with E-state index in [1.165, 1.54) is 0 Å². The zero-order valence-electron chi connectivity index (χ0n) is 11.5. The van der Waals surface area contributed by atoms with E-state index in [2.05, 4.69) is 5.32 Å². The SMILES string of the molecule is CC1(C(=O)N2CCCC(C(N)=O)C2)CCCCN1.Cl. The minimum atomic E-state index is -0.447. The van der Waals surface area contributed by atoms with Crippen LogP contribution >= 0.6 is 12.4 Å². The second kappa shape index (κ2) is 6.57. The smallest absolute Gasteiger partial charge is 0.242 e. The van der Waals surface area contributed by atoms with Gasteiger partial charge in [-0.25, -0.2) is 0 Å². The van der Waals surface area contributed by atoms with E-state index in [-0.39, 0.29) is 30.1 Å². The number of carbonyl (C=O) groups excluding carboxylic acids is 2. The second-order valence-corrected chi connectivity index (χ2v) is 5.71. The van der Waals surface area contributed by atoms with Crippen LogP contribution in [0.2, 0.25) is 0 Å². The number of likely N-dealkylation sites (tertiary alicyclic amines) is 1. The Bertz CT molecular complexity index is 343. The Balaban J connectivity index is 0.00000180. The van der Waals surface area contributed by atoms with Crippen LogP contribution in [-0.4, -0.2) is 41.9 Å². The maximum absolute atomic E-state index is 12.6. The minimum Gasteiger partial charge on any atom is -0.369 e. The second-order valence-electron chi connectivity index (χ2n) is 5.71. The fourth-order valence-corrected chi connectivity index (χ4v) is 2.98. The summed E-state index contributed by atoms with van der Waals surface area (Å²) in [5, 5.41) is 3.33. The molecule has 110 valence electrons. The molecule has 2 aliphatic heterocycles. The number of hydrogen-bond donors (Lipinski definition) is 2. The summed E-state index contributed by atoms with van der Waals surface area (Å²) >= 11 is 0. The summed E-state index contributed by atoms with van der Waals surface area (Å²) in [7, 11) is 0. The van der Waals surface area contributed by atoms with E-state index >= 15 is 0 Å². The van der Waals surface area contributed by atoms with Crippen molar-refractivity contribution in [2.45, 2.75) is 44.6 Å². The Morgan fingerprint density at radius 3 is 2.63 bits per heavy atom. The highest BCUT2D eigenvalue weighted by atomic mass is 35.5. The number of nitrogens with zero attached hydrogens (tertiary/aromatic N) is 1. The largest absolute Gasteiger partial charge is 0.369 e. The molecular weight excluding hydrogens is 266 g/mol. The van der Waals surface area contributed by atoms with Crippen molar-refractivity contribution in [3.8, 4) is 0 Å². The predicted molar refractivity (Wildman–Crippen MR) is 76.0 cm³/mol. The molecule has 5 nitrogen and oxygen atoms in total. The van der Waals surface area contributed by atoms with Gasteiger partial charge in [-0.3, -0.25) is 9.59 Å². The molecule has 0 bridgehead atoms. The number of amides is 2. The van der Waals surface area contributed by atoms with Crippen LogP contribution < -0.4 is 11.1 Å². The maximum Gasteiger partial charge on any atom is 0.242 e. The molecule has 0 aromatic heterocycles. The molecule has 19 heavy (non-hydrogen) atoms. The molecule has 0 aromatic carbocycles. The molecule has 2 fully saturated rings. The number of piperidine rings is 2. The van der Waals surface area contributed by atoms with Crippen molar-refractivity contribution in [3.63, 3.8) is 0 Å². The lowest BCUT2D eigenvalue weighted by molar-refractivity contribution is -0.141. The van der Waals surface area contributed by atoms with Crippen LogP contribution in [-0.2, 0) is 9.59 Å². The molecular formula is C13H24ClN3O2. The zero-order valence-corrected chi connectivity index (χ0v) is 12.3. The van der Waals surface area contributed by atoms with Crippen LogP contribution in [0, 0.1) is 5.92 Å². The molecule has 2 heterocycles. The first-order valence-corrected chi connectivity index (χ1v) is 6.87. The number of nitrogens with two attached hydrogens (primary N) is 1. The van der Waals surface area contributed by atoms with E-state index in [1.54, 1.807) is 0 Å². The minimum absolute atomic E-state index is 0. The number of hydrogen-bond acceptors (Lipinski definition) is 3. The van der Waals surface area contributed by atoms with Gasteiger partial charge in [0.25, 0.3) is 0 Å². The molecule has 2 aliphatic rings. The van der Waals surface area contributed by atoms with Crippen molar-refractivity contribution in [1.82, 2.24) is 10.2 Å². The normalized spacial score (nSPS) is 31.4. The standard InChI is InChI=1S/C13H23N3O2.ClH/c1-13(6-2-3-7-15-13)12(18)16-8-4-5-10(9-16)11(14)17;/h10,15H,2-9H2,1H3,(H2,14,17);1H. The first-order valence-electron chi connectivity index (χ1n) is 6.87. The van der Waals surface area contributed by atoms with E-state index in [0.29, 0.717) is 6.54 Å². The van der Waals surface area contributed by atoms with Gasteiger partial charge in [-0.2, -0.15) is 0 Å². The van der Waals surface area contributed by atoms with Crippen molar-refractivity contribution >= 4 is 24.2 Å². The van der Waals surface area contributed by atoms with Crippen molar-refractivity contribution in [2.75, 3.05) is 19.6 Å². The average Bonchev–Trinajstić information content (AvgIpc) is 2.39. The average molecular weight is 290 g/mol. The molecule has 2 rings (SSSR count). The van der Waals surface area contributed by atoms with Crippen molar-refractivity contribution in [3.05, 3.63) is 0 Å². The van der Waals surface area contributed by atoms with E-state index in [4.69, 9.17) is 5.73 Å². The molecule has 3 N–H and O–H groups in total. The molecule has 2 amide bonds. The van der Waals surface area contributed by atoms with E-state index in [0.717, 1.165) is 45.2 Å². The van der Waals surface area contributed by atoms with Crippen LogP contribution in [0.1, 0.15) is 39.0 Å². The zero-order chi connectivity index (χ0) is 13.2. The maximum atomic E-state index is 12.6. The van der Waals surface area contributed by atoms with Gasteiger partial charge in [-0.15, -0.1) is 12.4 Å². The van der Waals surface area contributed by atoms with Crippen LogP contribution in [0.3, 0.4) is 0 Å². The van der Waals surface area contributed by atoms with Gasteiger partial charge >= 0.3 is 0 Å². The molecule has 0 spiro atoms. The van der Waals surface area contributed by atoms with Gasteiger partial charge in [0, 0.05) is 13.1 Å². The third-order valence-corrected chi connectivity index (χ3v) is 4.20. The Morgan fingerprint density at radius 2 is 2.05 bits per heavy atom. The molecule has 0 aliphatic carbocycles. The predicted octanol–water partition coefficient (Wildman–Crippen LogP) is 0.664. The Kier molecular flexibility index (Phi) is 5.62. The van der Waals surface area contributed by atoms with Gasteiger partial charge in [-0.05, 0) is 45.6 Å². The molecule has 0 aromatic rings. The number of halogens is 1. The highest BCUT2D eigenvalue weighted by Gasteiger charge is 2.39. The lowest BCUT2D eigenvalue weighted by Crippen LogP contribution is -2.60. The topological polar surface area (TPSA) is 75.4 Å². The van der Waals surface area contributed by atoms with E-state index < -0.39 is 5.54 Å². The third-order valence-electron chi connectivity index (χ3n) is 4.20. The van der Waals surface area contributed by atoms with E-state index in [9.17, 15) is 9.59 Å². The summed E-state index contributed by atoms with van der Waals surface area (Å²) in [6.45, 7) is 4.11. The highest BCUT2D eigenvalue weighted by molar-refractivity contribution is 5.87. The van der Waals surface area contributed by atoms with Gasteiger partial charge in [-0.1, -0.05) is 0 Å². The van der Waals surface area contributed by atoms with Crippen molar-refractivity contribution in [1.29, 1.82) is 0 Å². The number of primary amides is 1. The van der Waals surface area contributed by atoms with Gasteiger partial charge in [0.2, 0.25) is 11.8 Å². The first kappa shape index (κ1) is 16.2. The van der Waals surface area contributed by atoms with Crippen molar-refractivity contribution in [2.24, 2.45) is 11.7 Å². The molecule has 6 heteroatoms. The summed E-state index contributed by atoms with van der Waals surface area (Å²) in [5.74, 6) is -0.322. The van der Waals surface area contributed by atoms with Gasteiger partial charge in [0.05, 0.1) is 11.5 Å². The van der Waals surface area contributed by atoms with Gasteiger partial charge in [0.15, 0.2) is 0 Å². The Hall–Kier alpha value is -0.810. The van der Waals surface area contributed by atoms with Gasteiger partial charge < -0.3 is 16.0 Å². The molecule has 0 saturated carbocycles. The fraction of sp³-hybridized carbons (Fsp3) is 0.846. The van der Waals surface area contributed by atoms with Crippen molar-refractivity contribution < 1.29 is 9.59 Å². The molecule has 2 saturated heterocycles. The fourth-order valence-electron chi connectivity index (χ4n) is 2.98. The molecule has 2 unspecified atom stereocenters. The number of rotatable bonds is 2. The number of carbonyl (C=O) groups is 2. The number of nitrogens with one attached hydrogen (secondary N) is 1. The molecule has 2 atom stereocenters. The van der Waals surface area contributed by atoms with Crippen LogP contribution in [0.5, 0.6) is 0 Å². The summed E-state index contributed by atoms with van der Waals surface area (Å²) < 4.78 is 0. The summed E-state index contributed by atoms with van der Waals surface area (Å²) in [5.41, 5.74) is 4.90. The van der Waals surface area contributed by atoms with Crippen LogP contribution in [0.15, 0.2) is 0 Å². The van der Waals surface area contributed by atoms with Crippen LogP contribution in [0.25, 0.3) is 0 Å². The Labute approximate surface area is 120 Å². The summed E-state index contributed by atoms with van der Waals surface area (Å²) in [6, 6.07) is 0. The third kappa shape index (κ3) is 3.60. The lowest BCUT2D eigenvalue weighted by Gasteiger charge is -2.40. The lowest BCUT2D eigenvalue weighted by atomic mass is 9.88. The summed E-state index contributed by atoms with van der Waals surface area (Å²) in [6.07, 6.45) is 4.78. The summed E-state index contributed by atoms with van der Waals surface area (Å²) in [4.78, 5) is 25.6. The highest BCUT2D eigenvalue weighted by Crippen LogP contribution is 2.24. The molecule has 0 radical (unpaired) electrons.